The third kappa shape index (κ3) is 2.22. The van der Waals surface area contributed by atoms with Crippen LogP contribution >= 0.6 is 0 Å². The number of carbonyl (C=O) groups excluding carboxylic acids is 1. The van der Waals surface area contributed by atoms with E-state index in [0.29, 0.717) is 18.2 Å². The van der Waals surface area contributed by atoms with E-state index in [9.17, 15) is 4.79 Å². The van der Waals surface area contributed by atoms with Gasteiger partial charge >= 0.3 is 5.97 Å². The maximum Gasteiger partial charge on any atom is 0.359 e. The number of aryl methyl sites for hydroxylation is 1. The summed E-state index contributed by atoms with van der Waals surface area (Å²) in [6.07, 6.45) is 2.25. The fourth-order valence-electron chi connectivity index (χ4n) is 2.59. The first-order valence-corrected chi connectivity index (χ1v) is 7.01. The van der Waals surface area contributed by atoms with E-state index in [2.05, 4.69) is 17.2 Å². The first-order valence-electron chi connectivity index (χ1n) is 7.01. The van der Waals surface area contributed by atoms with E-state index in [-0.39, 0.29) is 5.97 Å². The van der Waals surface area contributed by atoms with Crippen LogP contribution in [-0.2, 0) is 11.8 Å². The number of ether oxygens (including phenoxy) is 1. The second-order valence-electron chi connectivity index (χ2n) is 5.10. The quantitative estimate of drug-likeness (QED) is 0.802. The smallest absolute Gasteiger partial charge is 0.359 e. The minimum atomic E-state index is -0.313. The molecule has 0 aliphatic heterocycles. The average molecular weight is 270 g/mol. The van der Waals surface area contributed by atoms with Crippen molar-refractivity contribution in [2.75, 3.05) is 6.61 Å². The fraction of sp³-hybridized carbons (Fsp3) is 0.375. The lowest BCUT2D eigenvalue weighted by Crippen LogP contribution is -2.08. The Kier molecular flexibility index (Phi) is 3.30. The van der Waals surface area contributed by atoms with Crippen molar-refractivity contribution in [1.82, 2.24) is 9.78 Å². The average Bonchev–Trinajstić information content (AvgIpc) is 3.23. The second-order valence-corrected chi connectivity index (χ2v) is 5.10. The lowest BCUT2D eigenvalue weighted by Gasteiger charge is -2.06. The number of carbonyl (C=O) groups is 1. The number of hydrogen-bond acceptors (Lipinski definition) is 3. The van der Waals surface area contributed by atoms with E-state index in [1.807, 2.05) is 32.2 Å². The molecule has 1 aromatic heterocycles. The van der Waals surface area contributed by atoms with Gasteiger partial charge in [0, 0.05) is 18.2 Å². The van der Waals surface area contributed by atoms with Gasteiger partial charge in [-0.25, -0.2) is 4.79 Å². The molecule has 20 heavy (non-hydrogen) atoms. The van der Waals surface area contributed by atoms with Gasteiger partial charge in [0.25, 0.3) is 0 Å². The molecular weight excluding hydrogens is 252 g/mol. The summed E-state index contributed by atoms with van der Waals surface area (Å²) in [5, 5.41) is 4.41. The van der Waals surface area contributed by atoms with E-state index in [1.54, 1.807) is 4.68 Å². The van der Waals surface area contributed by atoms with Crippen molar-refractivity contribution < 1.29 is 9.53 Å². The highest BCUT2D eigenvalue weighted by Crippen LogP contribution is 2.46. The van der Waals surface area contributed by atoms with Gasteiger partial charge in [-0.2, -0.15) is 5.10 Å². The Morgan fingerprint density at radius 2 is 2.05 bits per heavy atom. The first kappa shape index (κ1) is 12.9. The molecule has 2 aromatic rings. The van der Waals surface area contributed by atoms with E-state index in [1.165, 1.54) is 0 Å². The van der Waals surface area contributed by atoms with Gasteiger partial charge in [0.15, 0.2) is 5.69 Å². The first-order chi connectivity index (χ1) is 9.72. The predicted molar refractivity (Wildman–Crippen MR) is 76.6 cm³/mol. The van der Waals surface area contributed by atoms with Gasteiger partial charge in [-0.15, -0.1) is 0 Å². The Hall–Kier alpha value is -2.10. The largest absolute Gasteiger partial charge is 0.461 e. The van der Waals surface area contributed by atoms with Crippen molar-refractivity contribution in [3.05, 3.63) is 41.6 Å². The van der Waals surface area contributed by atoms with Crippen LogP contribution in [0, 0.1) is 0 Å². The number of esters is 1. The van der Waals surface area contributed by atoms with Crippen molar-refractivity contribution >= 4 is 5.97 Å². The molecule has 1 aliphatic rings. The number of benzene rings is 1. The van der Waals surface area contributed by atoms with Gasteiger partial charge in [-0.1, -0.05) is 30.3 Å². The molecule has 3 rings (SSSR count). The number of hydrogen-bond donors (Lipinski definition) is 0. The number of nitrogens with zero attached hydrogens (tertiary/aromatic N) is 2. The fourth-order valence-corrected chi connectivity index (χ4v) is 2.59. The van der Waals surface area contributed by atoms with Crippen LogP contribution in [0.15, 0.2) is 30.3 Å². The molecule has 104 valence electrons. The molecule has 1 aromatic carbocycles. The summed E-state index contributed by atoms with van der Waals surface area (Å²) in [6.45, 7) is 2.19. The summed E-state index contributed by atoms with van der Waals surface area (Å²) in [4.78, 5) is 12.1. The normalized spacial score (nSPS) is 14.3. The molecule has 0 amide bonds. The molecule has 0 spiro atoms. The molecule has 0 saturated heterocycles. The lowest BCUT2D eigenvalue weighted by atomic mass is 10.0. The highest BCUT2D eigenvalue weighted by Gasteiger charge is 2.35. The third-order valence-corrected chi connectivity index (χ3v) is 3.59. The SMILES string of the molecule is CCOC(=O)c1nn(C)c(-c2ccccc2)c1C1CC1. The summed E-state index contributed by atoms with van der Waals surface area (Å²) < 4.78 is 6.94. The third-order valence-electron chi connectivity index (χ3n) is 3.59. The Balaban J connectivity index is 2.12. The minimum Gasteiger partial charge on any atom is -0.461 e. The molecule has 4 nitrogen and oxygen atoms in total. The summed E-state index contributed by atoms with van der Waals surface area (Å²) in [5.41, 5.74) is 3.67. The van der Waals surface area contributed by atoms with Crippen LogP contribution in [0.25, 0.3) is 11.3 Å². The molecule has 4 heteroatoms. The Morgan fingerprint density at radius 3 is 2.65 bits per heavy atom. The number of rotatable bonds is 4. The van der Waals surface area contributed by atoms with Gasteiger partial charge in [0.05, 0.1) is 12.3 Å². The van der Waals surface area contributed by atoms with Crippen LogP contribution in [0.1, 0.15) is 41.7 Å². The Morgan fingerprint density at radius 1 is 1.35 bits per heavy atom. The molecule has 1 fully saturated rings. The topological polar surface area (TPSA) is 44.1 Å². The Labute approximate surface area is 118 Å². The van der Waals surface area contributed by atoms with Gasteiger partial charge in [-0.05, 0) is 25.7 Å². The van der Waals surface area contributed by atoms with E-state index >= 15 is 0 Å². The van der Waals surface area contributed by atoms with Crippen LogP contribution in [0.3, 0.4) is 0 Å². The van der Waals surface area contributed by atoms with E-state index in [4.69, 9.17) is 4.74 Å². The lowest BCUT2D eigenvalue weighted by molar-refractivity contribution is 0.0517. The van der Waals surface area contributed by atoms with Crippen molar-refractivity contribution in [2.24, 2.45) is 7.05 Å². The van der Waals surface area contributed by atoms with E-state index in [0.717, 1.165) is 29.7 Å². The maximum atomic E-state index is 12.1. The van der Waals surface area contributed by atoms with Crippen molar-refractivity contribution in [3.63, 3.8) is 0 Å². The summed E-state index contributed by atoms with van der Waals surface area (Å²) in [7, 11) is 1.89. The molecule has 0 bridgehead atoms. The molecule has 0 N–H and O–H groups in total. The summed E-state index contributed by atoms with van der Waals surface area (Å²) in [5.74, 6) is 0.130. The molecule has 0 unspecified atom stereocenters. The molecule has 0 atom stereocenters. The summed E-state index contributed by atoms with van der Waals surface area (Å²) >= 11 is 0. The van der Waals surface area contributed by atoms with Crippen LogP contribution in [0.5, 0.6) is 0 Å². The van der Waals surface area contributed by atoms with Crippen LogP contribution in [-0.4, -0.2) is 22.4 Å². The highest BCUT2D eigenvalue weighted by molar-refractivity contribution is 5.92. The predicted octanol–water partition coefficient (Wildman–Crippen LogP) is 3.14. The highest BCUT2D eigenvalue weighted by atomic mass is 16.5. The zero-order valence-corrected chi connectivity index (χ0v) is 11.8. The number of aromatic nitrogens is 2. The minimum absolute atomic E-state index is 0.313. The standard InChI is InChI=1S/C16H18N2O2/c1-3-20-16(19)14-13(11-9-10-11)15(18(2)17-14)12-7-5-4-6-8-12/h4-8,11H,3,9-10H2,1-2H3. The second kappa shape index (κ2) is 5.12. The molecule has 1 aliphatic carbocycles. The zero-order valence-electron chi connectivity index (χ0n) is 11.8. The summed E-state index contributed by atoms with van der Waals surface area (Å²) in [6, 6.07) is 10.1. The van der Waals surface area contributed by atoms with Gasteiger partial charge in [-0.3, -0.25) is 4.68 Å². The van der Waals surface area contributed by atoms with Crippen molar-refractivity contribution in [3.8, 4) is 11.3 Å². The van der Waals surface area contributed by atoms with Crippen LogP contribution in [0.4, 0.5) is 0 Å². The molecule has 1 heterocycles. The van der Waals surface area contributed by atoms with Gasteiger partial charge < -0.3 is 4.74 Å². The molecular formula is C16H18N2O2. The van der Waals surface area contributed by atoms with E-state index < -0.39 is 0 Å². The van der Waals surface area contributed by atoms with Crippen molar-refractivity contribution in [2.45, 2.75) is 25.7 Å². The molecule has 1 saturated carbocycles. The van der Waals surface area contributed by atoms with Gasteiger partial charge in [0.2, 0.25) is 0 Å². The molecule has 0 radical (unpaired) electrons. The van der Waals surface area contributed by atoms with Gasteiger partial charge in [0.1, 0.15) is 0 Å². The maximum absolute atomic E-state index is 12.1. The van der Waals surface area contributed by atoms with Crippen LogP contribution < -0.4 is 0 Å². The monoisotopic (exact) mass is 270 g/mol. The zero-order chi connectivity index (χ0) is 14.1. The Bertz CT molecular complexity index is 627. The van der Waals surface area contributed by atoms with Crippen molar-refractivity contribution in [1.29, 1.82) is 0 Å². The van der Waals surface area contributed by atoms with Crippen LogP contribution in [0.2, 0.25) is 0 Å².